The van der Waals surface area contributed by atoms with E-state index in [0.29, 0.717) is 25.1 Å². The van der Waals surface area contributed by atoms with Crippen LogP contribution in [-0.2, 0) is 14.8 Å². The summed E-state index contributed by atoms with van der Waals surface area (Å²) >= 11 is 0. The molecule has 2 atom stereocenters. The van der Waals surface area contributed by atoms with Crippen LogP contribution in [0.4, 0.5) is 0 Å². The number of hydrogen-bond donors (Lipinski definition) is 3. The first-order valence-corrected chi connectivity index (χ1v) is 12.7. The maximum absolute atomic E-state index is 12.8. The van der Waals surface area contributed by atoms with Gasteiger partial charge in [0.25, 0.3) is 17.7 Å². The van der Waals surface area contributed by atoms with Crippen LogP contribution in [-0.4, -0.2) is 49.6 Å². The lowest BCUT2D eigenvalue weighted by atomic mass is 9.98. The molecule has 2 unspecified atom stereocenters. The molecule has 2 aromatic carbocycles. The van der Waals surface area contributed by atoms with E-state index >= 15 is 0 Å². The third-order valence-electron chi connectivity index (χ3n) is 5.92. The molecule has 1 fully saturated rings. The van der Waals surface area contributed by atoms with Crippen LogP contribution in [0.25, 0.3) is 0 Å². The summed E-state index contributed by atoms with van der Waals surface area (Å²) in [4.78, 5) is 38.0. The van der Waals surface area contributed by atoms with Crippen molar-refractivity contribution in [1.29, 1.82) is 0 Å². The zero-order valence-corrected chi connectivity index (χ0v) is 20.1. The van der Waals surface area contributed by atoms with Crippen LogP contribution in [0.3, 0.4) is 0 Å². The van der Waals surface area contributed by atoms with E-state index < -0.39 is 33.8 Å². The van der Waals surface area contributed by atoms with Crippen LogP contribution in [0.1, 0.15) is 53.8 Å². The lowest BCUT2D eigenvalue weighted by molar-refractivity contribution is -0.124. The van der Waals surface area contributed by atoms with Gasteiger partial charge in [-0.2, -0.15) is 4.31 Å². The molecule has 1 saturated heterocycles. The van der Waals surface area contributed by atoms with E-state index in [2.05, 4.69) is 16.2 Å². The molecule has 0 aromatic heterocycles. The Balaban J connectivity index is 1.66. The molecular formula is C24H30N4O5S. The highest BCUT2D eigenvalue weighted by atomic mass is 32.2. The molecule has 0 bridgehead atoms. The molecule has 3 rings (SSSR count). The first-order valence-electron chi connectivity index (χ1n) is 11.3. The molecule has 182 valence electrons. The van der Waals surface area contributed by atoms with Gasteiger partial charge in [0, 0.05) is 24.2 Å². The van der Waals surface area contributed by atoms with Gasteiger partial charge in [-0.25, -0.2) is 8.42 Å². The Morgan fingerprint density at radius 3 is 2.21 bits per heavy atom. The van der Waals surface area contributed by atoms with Crippen molar-refractivity contribution in [3.05, 3.63) is 65.7 Å². The van der Waals surface area contributed by atoms with E-state index in [-0.39, 0.29) is 16.4 Å². The van der Waals surface area contributed by atoms with Crippen molar-refractivity contribution in [1.82, 2.24) is 20.5 Å². The molecule has 9 nitrogen and oxygen atoms in total. The van der Waals surface area contributed by atoms with Gasteiger partial charge in [-0.3, -0.25) is 25.2 Å². The number of nitrogens with zero attached hydrogens (tertiary/aromatic N) is 1. The monoisotopic (exact) mass is 486 g/mol. The van der Waals surface area contributed by atoms with E-state index in [0.717, 1.165) is 12.8 Å². The van der Waals surface area contributed by atoms with Crippen molar-refractivity contribution in [3.63, 3.8) is 0 Å². The molecule has 34 heavy (non-hydrogen) atoms. The normalized spacial score (nSPS) is 15.8. The summed E-state index contributed by atoms with van der Waals surface area (Å²) in [5.41, 5.74) is 5.19. The molecule has 0 saturated carbocycles. The summed E-state index contributed by atoms with van der Waals surface area (Å²) in [6.45, 7) is 4.63. The van der Waals surface area contributed by atoms with E-state index in [4.69, 9.17) is 0 Å². The number of hydrogen-bond acceptors (Lipinski definition) is 5. The number of carbonyl (C=O) groups excluding carboxylic acids is 3. The highest BCUT2D eigenvalue weighted by Crippen LogP contribution is 2.21. The number of carbonyl (C=O) groups is 3. The lowest BCUT2D eigenvalue weighted by Crippen LogP contribution is -2.54. The second kappa shape index (κ2) is 11.3. The Labute approximate surface area is 199 Å². The average molecular weight is 487 g/mol. The quantitative estimate of drug-likeness (QED) is 0.493. The lowest BCUT2D eigenvalue weighted by Gasteiger charge is -2.23. The first kappa shape index (κ1) is 25.4. The largest absolute Gasteiger partial charge is 0.340 e. The van der Waals surface area contributed by atoms with Crippen LogP contribution in [0.15, 0.2) is 59.5 Å². The van der Waals surface area contributed by atoms with Crippen molar-refractivity contribution < 1.29 is 22.8 Å². The number of hydrazine groups is 1. The Morgan fingerprint density at radius 1 is 0.912 bits per heavy atom. The molecule has 3 N–H and O–H groups in total. The van der Waals surface area contributed by atoms with Crippen LogP contribution < -0.4 is 16.2 Å². The minimum absolute atomic E-state index is 0.0287. The zero-order chi connectivity index (χ0) is 24.7. The molecular weight excluding hydrogens is 456 g/mol. The van der Waals surface area contributed by atoms with Gasteiger partial charge in [-0.15, -0.1) is 0 Å². The first-order chi connectivity index (χ1) is 16.2. The van der Waals surface area contributed by atoms with Crippen molar-refractivity contribution >= 4 is 27.7 Å². The fourth-order valence-electron chi connectivity index (χ4n) is 3.66. The second-order valence-corrected chi connectivity index (χ2v) is 10.2. The van der Waals surface area contributed by atoms with Gasteiger partial charge in [-0.05, 0) is 49.1 Å². The molecule has 1 aliphatic heterocycles. The molecule has 3 amide bonds. The fraction of sp³-hybridized carbons (Fsp3) is 0.375. The maximum Gasteiger partial charge on any atom is 0.269 e. The van der Waals surface area contributed by atoms with E-state index in [1.165, 1.54) is 28.6 Å². The summed E-state index contributed by atoms with van der Waals surface area (Å²) in [6, 6.07) is 13.3. The summed E-state index contributed by atoms with van der Waals surface area (Å²) in [7, 11) is -3.68. The van der Waals surface area contributed by atoms with Gasteiger partial charge in [0.15, 0.2) is 0 Å². The molecule has 0 aliphatic carbocycles. The molecule has 10 heteroatoms. The Hall–Kier alpha value is -3.24. The summed E-state index contributed by atoms with van der Waals surface area (Å²) in [6.07, 6.45) is 2.24. The molecule has 0 spiro atoms. The number of amides is 3. The Kier molecular flexibility index (Phi) is 8.41. The maximum atomic E-state index is 12.8. The highest BCUT2D eigenvalue weighted by Gasteiger charge is 2.29. The third-order valence-corrected chi connectivity index (χ3v) is 7.81. The predicted molar refractivity (Wildman–Crippen MR) is 127 cm³/mol. The molecule has 2 aromatic rings. The van der Waals surface area contributed by atoms with Crippen LogP contribution in [0, 0.1) is 5.92 Å². The number of rotatable bonds is 8. The molecule has 1 aliphatic rings. The zero-order valence-electron chi connectivity index (χ0n) is 19.3. The van der Waals surface area contributed by atoms with Gasteiger partial charge in [0.05, 0.1) is 4.90 Å². The highest BCUT2D eigenvalue weighted by molar-refractivity contribution is 7.89. The Morgan fingerprint density at radius 2 is 1.56 bits per heavy atom. The summed E-state index contributed by atoms with van der Waals surface area (Å²) in [5.74, 6) is -1.83. The third kappa shape index (κ3) is 6.00. The summed E-state index contributed by atoms with van der Waals surface area (Å²) < 4.78 is 27.0. The molecule has 1 heterocycles. The summed E-state index contributed by atoms with van der Waals surface area (Å²) in [5, 5.41) is 2.72. The van der Waals surface area contributed by atoms with Crippen LogP contribution in [0.5, 0.6) is 0 Å². The second-order valence-electron chi connectivity index (χ2n) is 8.29. The van der Waals surface area contributed by atoms with E-state index in [1.807, 2.05) is 13.8 Å². The van der Waals surface area contributed by atoms with E-state index in [9.17, 15) is 22.8 Å². The fourth-order valence-corrected chi connectivity index (χ4v) is 5.22. The average Bonchev–Trinajstić information content (AvgIpc) is 3.41. The SMILES string of the molecule is CCC(C)C(NC(=O)c1ccccc1)C(=O)NNC(=O)c1cccc(S(=O)(=O)N2CCCC2)c1. The number of benzene rings is 2. The van der Waals surface area contributed by atoms with E-state index in [1.54, 1.807) is 30.3 Å². The van der Waals surface area contributed by atoms with Gasteiger partial charge in [0.2, 0.25) is 10.0 Å². The van der Waals surface area contributed by atoms with Crippen LogP contribution >= 0.6 is 0 Å². The standard InChI is InChI=1S/C24H30N4O5S/c1-3-17(2)21(25-22(29)18-10-5-4-6-11-18)24(31)27-26-23(30)19-12-9-13-20(16-19)34(32,33)28-14-7-8-15-28/h4-6,9-13,16-17,21H,3,7-8,14-15H2,1-2H3,(H,25,29)(H,26,30)(H,27,31). The van der Waals surface area contributed by atoms with Crippen LogP contribution in [0.2, 0.25) is 0 Å². The smallest absolute Gasteiger partial charge is 0.269 e. The van der Waals surface area contributed by atoms with Gasteiger partial charge in [-0.1, -0.05) is 44.5 Å². The van der Waals surface area contributed by atoms with Crippen molar-refractivity contribution in [2.45, 2.75) is 44.0 Å². The van der Waals surface area contributed by atoms with Gasteiger partial charge >= 0.3 is 0 Å². The van der Waals surface area contributed by atoms with Gasteiger partial charge < -0.3 is 5.32 Å². The van der Waals surface area contributed by atoms with Crippen molar-refractivity contribution in [2.24, 2.45) is 5.92 Å². The van der Waals surface area contributed by atoms with Crippen molar-refractivity contribution in [2.75, 3.05) is 13.1 Å². The predicted octanol–water partition coefficient (Wildman–Crippen LogP) is 2.08. The topological polar surface area (TPSA) is 125 Å². The molecule has 0 radical (unpaired) electrons. The number of sulfonamides is 1. The van der Waals surface area contributed by atoms with Gasteiger partial charge in [0.1, 0.15) is 6.04 Å². The minimum Gasteiger partial charge on any atom is -0.340 e. The Bertz CT molecular complexity index is 1130. The number of nitrogens with one attached hydrogen (secondary N) is 3. The van der Waals surface area contributed by atoms with Crippen molar-refractivity contribution in [3.8, 4) is 0 Å². The minimum atomic E-state index is -3.68.